The van der Waals surface area contributed by atoms with E-state index in [-0.39, 0.29) is 19.6 Å². The van der Waals surface area contributed by atoms with E-state index in [1.54, 1.807) is 0 Å². The Morgan fingerprint density at radius 2 is 1.08 bits per heavy atom. The molecule has 0 unspecified atom stereocenters. The smallest absolute Gasteiger partial charge is 0.306 e. The third-order valence-electron chi connectivity index (χ3n) is 7.51. The summed E-state index contributed by atoms with van der Waals surface area (Å²) >= 11 is 0. The van der Waals surface area contributed by atoms with Crippen molar-refractivity contribution in [3.8, 4) is 0 Å². The van der Waals surface area contributed by atoms with Crippen LogP contribution in [0.3, 0.4) is 0 Å². The lowest BCUT2D eigenvalue weighted by Crippen LogP contribution is -2.55. The molecule has 36 heavy (non-hydrogen) atoms. The first kappa shape index (κ1) is 33.3. The summed E-state index contributed by atoms with van der Waals surface area (Å²) in [7, 11) is 0. The zero-order valence-electron chi connectivity index (χ0n) is 23.3. The van der Waals surface area contributed by atoms with Crippen molar-refractivity contribution >= 4 is 5.97 Å². The molecule has 0 spiro atoms. The summed E-state index contributed by atoms with van der Waals surface area (Å²) in [6, 6.07) is 0. The van der Waals surface area contributed by atoms with Crippen LogP contribution in [0.1, 0.15) is 148 Å². The summed E-state index contributed by atoms with van der Waals surface area (Å²) in [5.74, 6) is -0.409. The molecule has 0 saturated carbocycles. The Bertz CT molecular complexity index is 498. The molecular formula is C30H58O6. The Hall–Kier alpha value is -0.690. The molecule has 214 valence electrons. The average Bonchev–Trinajstić information content (AvgIpc) is 2.88. The number of carbonyl (C=O) groups is 1. The fourth-order valence-electron chi connectivity index (χ4n) is 5.07. The van der Waals surface area contributed by atoms with Crippen LogP contribution in [0.15, 0.2) is 0 Å². The third-order valence-corrected chi connectivity index (χ3v) is 7.51. The Kier molecular flexibility index (Phi) is 21.7. The van der Waals surface area contributed by atoms with Crippen LogP contribution in [0, 0.1) is 0 Å². The van der Waals surface area contributed by atoms with Gasteiger partial charge in [0.25, 0.3) is 0 Å². The molecule has 0 aromatic carbocycles. The standard InChI is InChI=1S/C30H58O6/c1-2-3-4-5-6-7-8-9-10-11-12-13-14-15-16-17-18-19-20-21-22-23-28(33)36-30-27(24-31)35-25-26(32)29(30)34/h26-27,29-32,34H,2-25H2,1H3/t26-,27-,29-,30-/m1/s1. The maximum Gasteiger partial charge on any atom is 0.306 e. The van der Waals surface area contributed by atoms with Crippen molar-refractivity contribution in [1.82, 2.24) is 0 Å². The van der Waals surface area contributed by atoms with Gasteiger partial charge in [-0.2, -0.15) is 0 Å². The predicted octanol–water partition coefficient (Wildman–Crippen LogP) is 6.61. The molecule has 3 N–H and O–H groups in total. The van der Waals surface area contributed by atoms with Gasteiger partial charge in [0.1, 0.15) is 18.3 Å². The van der Waals surface area contributed by atoms with Crippen LogP contribution in [-0.2, 0) is 14.3 Å². The zero-order valence-corrected chi connectivity index (χ0v) is 23.3. The van der Waals surface area contributed by atoms with Gasteiger partial charge in [0.15, 0.2) is 6.10 Å². The van der Waals surface area contributed by atoms with E-state index in [0.29, 0.717) is 0 Å². The lowest BCUT2D eigenvalue weighted by atomic mass is 10.00. The molecule has 0 radical (unpaired) electrons. The topological polar surface area (TPSA) is 96.2 Å². The van der Waals surface area contributed by atoms with Crippen LogP contribution < -0.4 is 0 Å². The molecule has 0 aromatic rings. The monoisotopic (exact) mass is 514 g/mol. The van der Waals surface area contributed by atoms with Gasteiger partial charge in [-0.25, -0.2) is 0 Å². The summed E-state index contributed by atoms with van der Waals surface area (Å²) in [6.45, 7) is 1.85. The Labute approximate surface area is 221 Å². The summed E-state index contributed by atoms with van der Waals surface area (Å²) in [5, 5.41) is 29.0. The van der Waals surface area contributed by atoms with E-state index in [1.807, 2.05) is 0 Å². The Balaban J connectivity index is 1.81. The molecule has 0 amide bonds. The zero-order chi connectivity index (χ0) is 26.3. The van der Waals surface area contributed by atoms with E-state index in [9.17, 15) is 20.1 Å². The number of hydrogen-bond acceptors (Lipinski definition) is 6. The molecular weight excluding hydrogens is 456 g/mol. The van der Waals surface area contributed by atoms with Gasteiger partial charge in [-0.3, -0.25) is 4.79 Å². The fourth-order valence-corrected chi connectivity index (χ4v) is 5.07. The highest BCUT2D eigenvalue weighted by Crippen LogP contribution is 2.20. The van der Waals surface area contributed by atoms with Gasteiger partial charge in [-0.05, 0) is 6.42 Å². The van der Waals surface area contributed by atoms with Crippen molar-refractivity contribution in [2.24, 2.45) is 0 Å². The Morgan fingerprint density at radius 1 is 0.694 bits per heavy atom. The lowest BCUT2D eigenvalue weighted by molar-refractivity contribution is -0.213. The van der Waals surface area contributed by atoms with E-state index in [0.717, 1.165) is 19.3 Å². The van der Waals surface area contributed by atoms with Gasteiger partial charge < -0.3 is 24.8 Å². The minimum absolute atomic E-state index is 0.0696. The van der Waals surface area contributed by atoms with Gasteiger partial charge >= 0.3 is 5.97 Å². The number of unbranched alkanes of at least 4 members (excludes halogenated alkanes) is 20. The van der Waals surface area contributed by atoms with Crippen LogP contribution in [0.5, 0.6) is 0 Å². The van der Waals surface area contributed by atoms with Crippen molar-refractivity contribution in [3.05, 3.63) is 0 Å². The number of ether oxygens (including phenoxy) is 2. The Morgan fingerprint density at radius 3 is 1.47 bits per heavy atom. The van der Waals surface area contributed by atoms with Crippen molar-refractivity contribution in [3.63, 3.8) is 0 Å². The highest BCUT2D eigenvalue weighted by atomic mass is 16.6. The largest absolute Gasteiger partial charge is 0.457 e. The van der Waals surface area contributed by atoms with Crippen LogP contribution in [0.2, 0.25) is 0 Å². The maximum atomic E-state index is 12.1. The van der Waals surface area contributed by atoms with Crippen molar-refractivity contribution < 1.29 is 29.6 Å². The van der Waals surface area contributed by atoms with Gasteiger partial charge in [-0.1, -0.05) is 135 Å². The molecule has 6 nitrogen and oxygen atoms in total. The van der Waals surface area contributed by atoms with E-state index in [2.05, 4.69) is 6.92 Å². The first-order valence-corrected chi connectivity index (χ1v) is 15.4. The molecule has 1 aliphatic heterocycles. The van der Waals surface area contributed by atoms with Gasteiger partial charge in [0.2, 0.25) is 0 Å². The second-order valence-electron chi connectivity index (χ2n) is 10.9. The second kappa shape index (κ2) is 23.4. The molecule has 1 heterocycles. The maximum absolute atomic E-state index is 12.1. The first-order chi connectivity index (χ1) is 17.6. The van der Waals surface area contributed by atoms with Crippen molar-refractivity contribution in [1.29, 1.82) is 0 Å². The number of rotatable bonds is 24. The van der Waals surface area contributed by atoms with Crippen LogP contribution in [0.4, 0.5) is 0 Å². The van der Waals surface area contributed by atoms with Crippen molar-refractivity contribution in [2.45, 2.75) is 173 Å². The summed E-state index contributed by atoms with van der Waals surface area (Å²) in [5.41, 5.74) is 0. The predicted molar refractivity (Wildman–Crippen MR) is 146 cm³/mol. The number of aliphatic hydroxyl groups excluding tert-OH is 3. The van der Waals surface area contributed by atoms with E-state index >= 15 is 0 Å². The molecule has 1 saturated heterocycles. The van der Waals surface area contributed by atoms with Crippen LogP contribution in [-0.4, -0.2) is 58.9 Å². The SMILES string of the molecule is CCCCCCCCCCCCCCCCCCCCCCCC(=O)O[C@H]1[C@H](O)[C@H](O)CO[C@@H]1CO. The molecule has 1 aliphatic rings. The highest BCUT2D eigenvalue weighted by molar-refractivity contribution is 5.69. The molecule has 0 aliphatic carbocycles. The molecule has 0 bridgehead atoms. The first-order valence-electron chi connectivity index (χ1n) is 15.4. The lowest BCUT2D eigenvalue weighted by Gasteiger charge is -2.36. The molecule has 0 aromatic heterocycles. The van der Waals surface area contributed by atoms with E-state index in [4.69, 9.17) is 9.47 Å². The van der Waals surface area contributed by atoms with Gasteiger partial charge in [0, 0.05) is 6.42 Å². The highest BCUT2D eigenvalue weighted by Gasteiger charge is 2.41. The van der Waals surface area contributed by atoms with Crippen LogP contribution >= 0.6 is 0 Å². The summed E-state index contributed by atoms with van der Waals surface area (Å²) < 4.78 is 10.5. The minimum atomic E-state index is -1.22. The molecule has 4 atom stereocenters. The fraction of sp³-hybridized carbons (Fsp3) is 0.967. The number of esters is 1. The average molecular weight is 515 g/mol. The van der Waals surface area contributed by atoms with Gasteiger partial charge in [-0.15, -0.1) is 0 Å². The number of carbonyl (C=O) groups excluding carboxylic acids is 1. The quantitative estimate of drug-likeness (QED) is 0.0990. The van der Waals surface area contributed by atoms with Crippen molar-refractivity contribution in [2.75, 3.05) is 13.2 Å². The molecule has 1 rings (SSSR count). The van der Waals surface area contributed by atoms with Gasteiger partial charge in [0.05, 0.1) is 13.2 Å². The molecule has 6 heteroatoms. The normalized spacial score (nSPS) is 22.1. The summed E-state index contributed by atoms with van der Waals surface area (Å²) in [6.07, 6.45) is 23.9. The second-order valence-corrected chi connectivity index (χ2v) is 10.9. The van der Waals surface area contributed by atoms with Crippen LogP contribution in [0.25, 0.3) is 0 Å². The third kappa shape index (κ3) is 16.9. The molecule has 1 fully saturated rings. The van der Waals surface area contributed by atoms with E-state index < -0.39 is 30.4 Å². The number of hydrogen-bond donors (Lipinski definition) is 3. The summed E-state index contributed by atoms with van der Waals surface area (Å²) in [4.78, 5) is 12.1. The minimum Gasteiger partial charge on any atom is -0.457 e. The van der Waals surface area contributed by atoms with E-state index in [1.165, 1.54) is 116 Å². The number of aliphatic hydroxyl groups is 3.